The van der Waals surface area contributed by atoms with Crippen LogP contribution in [0.2, 0.25) is 0 Å². The first-order valence-electron chi connectivity index (χ1n) is 9.39. The molecule has 7 heteroatoms. The highest BCUT2D eigenvalue weighted by atomic mass is 16.8. The summed E-state index contributed by atoms with van der Waals surface area (Å²) < 4.78 is 23.4. The zero-order valence-corrected chi connectivity index (χ0v) is 16.5. The maximum Gasteiger partial charge on any atom is 0.336 e. The SMILES string of the molecule is CCOC(=O)C1=C[C@@H](OC(CC)CC)[C@H](NC(C)=O)[C@@H]2OC(C)(C)O[C@H]12. The topological polar surface area (TPSA) is 83.1 Å². The Labute approximate surface area is 155 Å². The summed E-state index contributed by atoms with van der Waals surface area (Å²) in [6.45, 7) is 11.1. The Balaban J connectivity index is 2.41. The second kappa shape index (κ2) is 8.50. The Kier molecular flexibility index (Phi) is 6.82. The van der Waals surface area contributed by atoms with Crippen LogP contribution in [0.25, 0.3) is 0 Å². The van der Waals surface area contributed by atoms with E-state index in [0.717, 1.165) is 12.8 Å². The predicted octanol–water partition coefficient (Wildman–Crippen LogP) is 2.09. The van der Waals surface area contributed by atoms with Crippen molar-refractivity contribution in [1.29, 1.82) is 0 Å². The van der Waals surface area contributed by atoms with Crippen LogP contribution in [0.4, 0.5) is 0 Å². The van der Waals surface area contributed by atoms with Gasteiger partial charge in [-0.15, -0.1) is 0 Å². The second-order valence-corrected chi connectivity index (χ2v) is 7.13. The minimum absolute atomic E-state index is 0.0165. The van der Waals surface area contributed by atoms with Gasteiger partial charge in [0.2, 0.25) is 5.91 Å². The van der Waals surface area contributed by atoms with Gasteiger partial charge < -0.3 is 24.3 Å². The van der Waals surface area contributed by atoms with Crippen LogP contribution in [0, 0.1) is 0 Å². The Morgan fingerprint density at radius 1 is 1.23 bits per heavy atom. The molecule has 1 amide bonds. The standard InChI is InChI=1S/C19H31NO6/c1-7-12(8-2)24-14-10-13(18(22)23-9-3)16-17(15(14)20-11(4)21)26-19(5,6)25-16/h10,12,14-17H,7-9H2,1-6H3,(H,20,21)/t14-,15+,16-,17+/m1/s1. The fourth-order valence-corrected chi connectivity index (χ4v) is 3.48. The van der Waals surface area contributed by atoms with Gasteiger partial charge in [0.25, 0.3) is 0 Å². The molecular weight excluding hydrogens is 338 g/mol. The monoisotopic (exact) mass is 369 g/mol. The van der Waals surface area contributed by atoms with Crippen molar-refractivity contribution in [3.8, 4) is 0 Å². The largest absolute Gasteiger partial charge is 0.463 e. The predicted molar refractivity (Wildman–Crippen MR) is 95.4 cm³/mol. The van der Waals surface area contributed by atoms with Crippen LogP contribution >= 0.6 is 0 Å². The van der Waals surface area contributed by atoms with Gasteiger partial charge in [-0.05, 0) is 39.7 Å². The smallest absolute Gasteiger partial charge is 0.336 e. The normalized spacial score (nSPS) is 29.9. The number of esters is 1. The van der Waals surface area contributed by atoms with Gasteiger partial charge in [0.15, 0.2) is 5.79 Å². The van der Waals surface area contributed by atoms with Gasteiger partial charge in [0, 0.05) is 6.92 Å². The van der Waals surface area contributed by atoms with Gasteiger partial charge in [-0.3, -0.25) is 4.79 Å². The Morgan fingerprint density at radius 2 is 1.88 bits per heavy atom. The molecule has 1 fully saturated rings. The van der Waals surface area contributed by atoms with Gasteiger partial charge in [0.05, 0.1) is 30.4 Å². The summed E-state index contributed by atoms with van der Waals surface area (Å²) in [6.07, 6.45) is 1.77. The van der Waals surface area contributed by atoms with Gasteiger partial charge in [-0.1, -0.05) is 13.8 Å². The molecule has 2 rings (SSSR count). The number of carbonyl (C=O) groups excluding carboxylic acids is 2. The average molecular weight is 369 g/mol. The van der Waals surface area contributed by atoms with E-state index < -0.39 is 36.1 Å². The fraction of sp³-hybridized carbons (Fsp3) is 0.789. The average Bonchev–Trinajstić information content (AvgIpc) is 2.89. The molecule has 1 aliphatic heterocycles. The first kappa shape index (κ1) is 20.9. The van der Waals surface area contributed by atoms with Crippen molar-refractivity contribution in [2.45, 2.75) is 90.6 Å². The minimum Gasteiger partial charge on any atom is -0.463 e. The Bertz CT molecular complexity index is 554. The molecule has 0 radical (unpaired) electrons. The van der Waals surface area contributed by atoms with Crippen molar-refractivity contribution in [2.75, 3.05) is 6.61 Å². The zero-order valence-electron chi connectivity index (χ0n) is 16.5. The second-order valence-electron chi connectivity index (χ2n) is 7.13. The van der Waals surface area contributed by atoms with Crippen molar-refractivity contribution in [2.24, 2.45) is 0 Å². The van der Waals surface area contributed by atoms with Crippen molar-refractivity contribution < 1.29 is 28.5 Å². The molecular formula is C19H31NO6. The van der Waals surface area contributed by atoms with E-state index in [2.05, 4.69) is 5.32 Å². The molecule has 148 valence electrons. The number of amides is 1. The summed E-state index contributed by atoms with van der Waals surface area (Å²) >= 11 is 0. The van der Waals surface area contributed by atoms with E-state index in [9.17, 15) is 9.59 Å². The summed E-state index contributed by atoms with van der Waals surface area (Å²) in [7, 11) is 0. The lowest BCUT2D eigenvalue weighted by molar-refractivity contribution is -0.152. The van der Waals surface area contributed by atoms with Crippen LogP contribution in [0.5, 0.6) is 0 Å². The highest BCUT2D eigenvalue weighted by Gasteiger charge is 2.53. The summed E-state index contributed by atoms with van der Waals surface area (Å²) in [5.74, 6) is -1.50. The number of hydrogen-bond acceptors (Lipinski definition) is 6. The molecule has 0 aromatic carbocycles. The van der Waals surface area contributed by atoms with Crippen LogP contribution in [0.3, 0.4) is 0 Å². The molecule has 0 unspecified atom stereocenters. The first-order valence-corrected chi connectivity index (χ1v) is 9.39. The summed E-state index contributed by atoms with van der Waals surface area (Å²) in [6, 6.07) is -0.446. The molecule has 1 N–H and O–H groups in total. The van der Waals surface area contributed by atoms with E-state index in [1.165, 1.54) is 6.92 Å². The molecule has 7 nitrogen and oxygen atoms in total. The lowest BCUT2D eigenvalue weighted by Gasteiger charge is -2.38. The molecule has 0 saturated carbocycles. The molecule has 0 spiro atoms. The van der Waals surface area contributed by atoms with Crippen LogP contribution in [0.15, 0.2) is 11.6 Å². The van der Waals surface area contributed by atoms with E-state index >= 15 is 0 Å². The maximum atomic E-state index is 12.5. The summed E-state index contributed by atoms with van der Waals surface area (Å²) in [5.41, 5.74) is 0.389. The van der Waals surface area contributed by atoms with Gasteiger partial charge in [-0.2, -0.15) is 0 Å². The van der Waals surface area contributed by atoms with Gasteiger partial charge in [-0.25, -0.2) is 4.79 Å². The lowest BCUT2D eigenvalue weighted by atomic mass is 9.87. The van der Waals surface area contributed by atoms with E-state index in [0.29, 0.717) is 5.57 Å². The summed E-state index contributed by atoms with van der Waals surface area (Å²) in [5, 5.41) is 2.92. The first-order chi connectivity index (χ1) is 12.2. The maximum absolute atomic E-state index is 12.5. The number of fused-ring (bicyclic) bond motifs is 1. The quantitative estimate of drug-likeness (QED) is 0.692. The Hall–Kier alpha value is -1.44. The van der Waals surface area contributed by atoms with Gasteiger partial charge >= 0.3 is 5.97 Å². The van der Waals surface area contributed by atoms with Crippen molar-refractivity contribution in [3.05, 3.63) is 11.6 Å². The van der Waals surface area contributed by atoms with Crippen LogP contribution in [-0.2, 0) is 28.5 Å². The van der Waals surface area contributed by atoms with Crippen LogP contribution in [0.1, 0.15) is 54.4 Å². The van der Waals surface area contributed by atoms with E-state index in [4.69, 9.17) is 18.9 Å². The molecule has 26 heavy (non-hydrogen) atoms. The van der Waals surface area contributed by atoms with Crippen molar-refractivity contribution in [1.82, 2.24) is 5.32 Å². The lowest BCUT2D eigenvalue weighted by Crippen LogP contribution is -2.58. The van der Waals surface area contributed by atoms with Crippen molar-refractivity contribution >= 4 is 11.9 Å². The zero-order chi connectivity index (χ0) is 19.5. The highest BCUT2D eigenvalue weighted by Crippen LogP contribution is 2.39. The molecule has 0 aromatic rings. The number of carbonyl (C=O) groups is 2. The third-order valence-corrected chi connectivity index (χ3v) is 4.63. The fourth-order valence-electron chi connectivity index (χ4n) is 3.48. The van der Waals surface area contributed by atoms with Crippen LogP contribution in [-0.4, -0.2) is 54.7 Å². The molecule has 0 aromatic heterocycles. The minimum atomic E-state index is -0.874. The third kappa shape index (κ3) is 4.64. The number of nitrogens with one attached hydrogen (secondary N) is 1. The Morgan fingerprint density at radius 3 is 2.42 bits per heavy atom. The van der Waals surface area contributed by atoms with E-state index in [1.54, 1.807) is 26.8 Å². The number of hydrogen-bond donors (Lipinski definition) is 1. The third-order valence-electron chi connectivity index (χ3n) is 4.63. The summed E-state index contributed by atoms with van der Waals surface area (Å²) in [4.78, 5) is 24.3. The van der Waals surface area contributed by atoms with E-state index in [-0.39, 0.29) is 18.6 Å². The molecule has 2 aliphatic rings. The van der Waals surface area contributed by atoms with Crippen LogP contribution < -0.4 is 5.32 Å². The molecule has 4 atom stereocenters. The van der Waals surface area contributed by atoms with E-state index in [1.807, 2.05) is 13.8 Å². The molecule has 1 aliphatic carbocycles. The molecule has 0 bridgehead atoms. The van der Waals surface area contributed by atoms with Gasteiger partial charge in [0.1, 0.15) is 12.2 Å². The number of ether oxygens (including phenoxy) is 4. The van der Waals surface area contributed by atoms with Crippen molar-refractivity contribution in [3.63, 3.8) is 0 Å². The molecule has 1 saturated heterocycles. The highest BCUT2D eigenvalue weighted by molar-refractivity contribution is 5.90. The molecule has 1 heterocycles. The number of rotatable bonds is 7.